The molecule has 0 spiro atoms. The zero-order chi connectivity index (χ0) is 14.6. The summed E-state index contributed by atoms with van der Waals surface area (Å²) in [6, 6.07) is 1.93. The van der Waals surface area contributed by atoms with Gasteiger partial charge < -0.3 is 14.9 Å². The average molecular weight is 265 g/mol. The Hall–Kier alpha value is -1.62. The Bertz CT molecular complexity index is 446. The lowest BCUT2D eigenvalue weighted by Gasteiger charge is -2.32. The van der Waals surface area contributed by atoms with Crippen molar-refractivity contribution in [1.82, 2.24) is 9.88 Å². The first-order valence-electron chi connectivity index (χ1n) is 6.48. The maximum Gasteiger partial charge on any atom is 0.339 e. The van der Waals surface area contributed by atoms with E-state index in [1.165, 1.54) is 0 Å². The van der Waals surface area contributed by atoms with Crippen LogP contribution < -0.4 is 4.90 Å². The smallest absolute Gasteiger partial charge is 0.339 e. The fourth-order valence-electron chi connectivity index (χ4n) is 2.32. The van der Waals surface area contributed by atoms with Crippen molar-refractivity contribution in [3.8, 4) is 0 Å². The Morgan fingerprint density at radius 1 is 1.47 bits per heavy atom. The van der Waals surface area contributed by atoms with Gasteiger partial charge in [0.1, 0.15) is 11.4 Å². The second kappa shape index (κ2) is 6.52. The van der Waals surface area contributed by atoms with Crippen LogP contribution in [0, 0.1) is 6.92 Å². The van der Waals surface area contributed by atoms with Crippen molar-refractivity contribution in [2.75, 3.05) is 32.1 Å². The molecule has 1 aromatic heterocycles. The number of aromatic carboxylic acids is 1. The molecule has 1 N–H and O–H groups in total. The zero-order valence-corrected chi connectivity index (χ0v) is 12.3. The molecule has 0 saturated carbocycles. The minimum absolute atomic E-state index is 0.201. The molecule has 1 heterocycles. The van der Waals surface area contributed by atoms with Crippen molar-refractivity contribution in [3.63, 3.8) is 0 Å². The SMILES string of the molecule is CCN(c1nccc(C)c1C(=O)O)C(C)CN(C)C. The van der Waals surface area contributed by atoms with Crippen LogP contribution in [-0.4, -0.2) is 54.2 Å². The Kier molecular flexibility index (Phi) is 5.30. The third-order valence-electron chi connectivity index (χ3n) is 3.13. The highest BCUT2D eigenvalue weighted by molar-refractivity contribution is 5.95. The number of nitrogens with zero attached hydrogens (tertiary/aromatic N) is 3. The van der Waals surface area contributed by atoms with E-state index in [1.54, 1.807) is 19.2 Å². The summed E-state index contributed by atoms with van der Waals surface area (Å²) in [4.78, 5) is 19.8. The van der Waals surface area contributed by atoms with Crippen LogP contribution in [0.1, 0.15) is 29.8 Å². The molecule has 1 aromatic rings. The number of aromatic nitrogens is 1. The third-order valence-corrected chi connectivity index (χ3v) is 3.13. The van der Waals surface area contributed by atoms with Gasteiger partial charge in [0.25, 0.3) is 0 Å². The molecule has 1 atom stereocenters. The van der Waals surface area contributed by atoms with Crippen LogP contribution in [0.5, 0.6) is 0 Å². The quantitative estimate of drug-likeness (QED) is 0.851. The fraction of sp³-hybridized carbons (Fsp3) is 0.571. The highest BCUT2D eigenvalue weighted by Gasteiger charge is 2.22. The van der Waals surface area contributed by atoms with E-state index in [0.717, 1.165) is 18.7 Å². The van der Waals surface area contributed by atoms with E-state index in [4.69, 9.17) is 0 Å². The van der Waals surface area contributed by atoms with E-state index in [2.05, 4.69) is 16.8 Å². The molecule has 0 aliphatic heterocycles. The molecule has 106 valence electrons. The van der Waals surface area contributed by atoms with E-state index in [9.17, 15) is 9.90 Å². The minimum atomic E-state index is -0.920. The number of carboxylic acids is 1. The summed E-state index contributed by atoms with van der Waals surface area (Å²) in [5.74, 6) is -0.361. The molecule has 0 fully saturated rings. The molecule has 5 heteroatoms. The molecule has 1 unspecified atom stereocenters. The number of carbonyl (C=O) groups is 1. The van der Waals surface area contributed by atoms with Crippen molar-refractivity contribution < 1.29 is 9.90 Å². The number of anilines is 1. The van der Waals surface area contributed by atoms with E-state index < -0.39 is 5.97 Å². The fourth-order valence-corrected chi connectivity index (χ4v) is 2.32. The molecule has 1 rings (SSSR count). The van der Waals surface area contributed by atoms with Gasteiger partial charge in [-0.2, -0.15) is 0 Å². The van der Waals surface area contributed by atoms with Crippen molar-refractivity contribution >= 4 is 11.8 Å². The summed E-state index contributed by atoms with van der Waals surface area (Å²) < 4.78 is 0. The van der Waals surface area contributed by atoms with Gasteiger partial charge in [-0.25, -0.2) is 9.78 Å². The third kappa shape index (κ3) is 3.67. The summed E-state index contributed by atoms with van der Waals surface area (Å²) >= 11 is 0. The predicted octanol–water partition coefficient (Wildman–Crippen LogP) is 1.86. The molecule has 0 aromatic carbocycles. The van der Waals surface area contributed by atoms with Crippen LogP contribution >= 0.6 is 0 Å². The maximum atomic E-state index is 11.4. The van der Waals surface area contributed by atoms with Gasteiger partial charge in [0.2, 0.25) is 0 Å². The first kappa shape index (κ1) is 15.4. The minimum Gasteiger partial charge on any atom is -0.478 e. The molecule has 0 aliphatic rings. The van der Waals surface area contributed by atoms with Gasteiger partial charge >= 0.3 is 5.97 Å². The van der Waals surface area contributed by atoms with E-state index in [-0.39, 0.29) is 6.04 Å². The second-order valence-corrected chi connectivity index (χ2v) is 5.03. The van der Waals surface area contributed by atoms with Crippen LogP contribution in [0.4, 0.5) is 5.82 Å². The number of carboxylic acid groups (broad SMARTS) is 1. The standard InChI is InChI=1S/C14H23N3O2/c1-6-17(11(3)9-16(4)5)13-12(14(18)19)10(2)7-8-15-13/h7-8,11H,6,9H2,1-5H3,(H,18,19). The van der Waals surface area contributed by atoms with Crippen LogP contribution in [0.25, 0.3) is 0 Å². The van der Waals surface area contributed by atoms with Gasteiger partial charge in [0.15, 0.2) is 0 Å². The van der Waals surface area contributed by atoms with Crippen molar-refractivity contribution in [1.29, 1.82) is 0 Å². The Balaban J connectivity index is 3.18. The monoisotopic (exact) mass is 265 g/mol. The van der Waals surface area contributed by atoms with Gasteiger partial charge in [-0.05, 0) is 46.5 Å². The van der Waals surface area contributed by atoms with Crippen LogP contribution in [0.15, 0.2) is 12.3 Å². The molecule has 0 bridgehead atoms. The lowest BCUT2D eigenvalue weighted by atomic mass is 10.1. The number of hydrogen-bond acceptors (Lipinski definition) is 4. The van der Waals surface area contributed by atoms with Gasteiger partial charge in [0.05, 0.1) is 0 Å². The predicted molar refractivity (Wildman–Crippen MR) is 77.0 cm³/mol. The molecular weight excluding hydrogens is 242 g/mol. The number of rotatable bonds is 6. The highest BCUT2D eigenvalue weighted by atomic mass is 16.4. The molecule has 19 heavy (non-hydrogen) atoms. The maximum absolute atomic E-state index is 11.4. The first-order valence-corrected chi connectivity index (χ1v) is 6.48. The zero-order valence-electron chi connectivity index (χ0n) is 12.3. The number of hydrogen-bond donors (Lipinski definition) is 1. The van der Waals surface area contributed by atoms with Crippen molar-refractivity contribution in [3.05, 3.63) is 23.4 Å². The molecule has 0 radical (unpaired) electrons. The molecule has 5 nitrogen and oxygen atoms in total. The van der Waals surface area contributed by atoms with Gasteiger partial charge in [0, 0.05) is 25.3 Å². The van der Waals surface area contributed by atoms with E-state index in [0.29, 0.717) is 11.4 Å². The highest BCUT2D eigenvalue weighted by Crippen LogP contribution is 2.22. The molecular formula is C14H23N3O2. The Morgan fingerprint density at radius 2 is 2.11 bits per heavy atom. The Morgan fingerprint density at radius 3 is 2.58 bits per heavy atom. The summed E-state index contributed by atoms with van der Waals surface area (Å²) in [5.41, 5.74) is 1.04. The van der Waals surface area contributed by atoms with Crippen LogP contribution in [0.2, 0.25) is 0 Å². The number of likely N-dealkylation sites (N-methyl/N-ethyl adjacent to an activating group) is 2. The van der Waals surface area contributed by atoms with Crippen molar-refractivity contribution in [2.45, 2.75) is 26.8 Å². The molecule has 0 amide bonds. The van der Waals surface area contributed by atoms with E-state index in [1.807, 2.05) is 25.9 Å². The lowest BCUT2D eigenvalue weighted by Crippen LogP contribution is -2.41. The Labute approximate surface area is 114 Å². The number of aryl methyl sites for hydroxylation is 1. The lowest BCUT2D eigenvalue weighted by molar-refractivity contribution is 0.0696. The average Bonchev–Trinajstić information content (AvgIpc) is 2.28. The summed E-state index contributed by atoms with van der Waals surface area (Å²) in [6.45, 7) is 7.48. The molecule has 0 saturated heterocycles. The topological polar surface area (TPSA) is 56.7 Å². The van der Waals surface area contributed by atoms with Gasteiger partial charge in [-0.15, -0.1) is 0 Å². The van der Waals surface area contributed by atoms with E-state index >= 15 is 0 Å². The normalized spacial score (nSPS) is 12.5. The van der Waals surface area contributed by atoms with Crippen molar-refractivity contribution in [2.24, 2.45) is 0 Å². The number of pyridine rings is 1. The van der Waals surface area contributed by atoms with Gasteiger partial charge in [-0.3, -0.25) is 0 Å². The summed E-state index contributed by atoms with van der Waals surface area (Å²) in [6.07, 6.45) is 1.67. The second-order valence-electron chi connectivity index (χ2n) is 5.03. The summed E-state index contributed by atoms with van der Waals surface area (Å²) in [5, 5.41) is 9.38. The molecule has 0 aliphatic carbocycles. The van der Waals surface area contributed by atoms with Crippen LogP contribution in [0.3, 0.4) is 0 Å². The first-order chi connectivity index (χ1) is 8.88. The largest absolute Gasteiger partial charge is 0.478 e. The van der Waals surface area contributed by atoms with Crippen LogP contribution in [-0.2, 0) is 0 Å². The summed E-state index contributed by atoms with van der Waals surface area (Å²) in [7, 11) is 4.01. The van der Waals surface area contributed by atoms with Gasteiger partial charge in [-0.1, -0.05) is 0 Å².